The zero-order chi connectivity index (χ0) is 13.0. The van der Waals surface area contributed by atoms with Crippen molar-refractivity contribution in [3.8, 4) is 0 Å². The summed E-state index contributed by atoms with van der Waals surface area (Å²) in [6.45, 7) is 4.89. The molecule has 0 saturated heterocycles. The molecule has 0 aliphatic rings. The summed E-state index contributed by atoms with van der Waals surface area (Å²) in [5.74, 6) is -1.16. The highest BCUT2D eigenvalue weighted by Gasteiger charge is 2.15. The topological polar surface area (TPSA) is 112 Å². The molecule has 0 spiro atoms. The number of carbonyl (C=O) groups is 2. The van der Waals surface area contributed by atoms with Gasteiger partial charge in [0.1, 0.15) is 5.69 Å². The maximum atomic E-state index is 11.1. The van der Waals surface area contributed by atoms with Gasteiger partial charge in [-0.15, -0.1) is 11.3 Å². The quantitative estimate of drug-likeness (QED) is 0.559. The van der Waals surface area contributed by atoms with Crippen LogP contribution < -0.4 is 5.32 Å². The molecule has 17 heavy (non-hydrogen) atoms. The predicted molar refractivity (Wildman–Crippen MR) is 61.5 cm³/mol. The van der Waals surface area contributed by atoms with E-state index in [9.17, 15) is 9.59 Å². The molecule has 8 heteroatoms. The SMILES string of the molecule is C=C(C)OC(=O)Nc1nc(C(=N)C(=O)O)cs1. The number of rotatable bonds is 4. The third kappa shape index (κ3) is 3.68. The first-order valence-corrected chi connectivity index (χ1v) is 5.20. The Morgan fingerprint density at radius 3 is 2.82 bits per heavy atom. The van der Waals surface area contributed by atoms with Gasteiger partial charge in [-0.1, -0.05) is 6.58 Å². The van der Waals surface area contributed by atoms with Crippen LogP contribution in [0.5, 0.6) is 0 Å². The lowest BCUT2D eigenvalue weighted by Crippen LogP contribution is -2.14. The highest BCUT2D eigenvalue weighted by atomic mass is 32.1. The van der Waals surface area contributed by atoms with Gasteiger partial charge in [-0.3, -0.25) is 10.7 Å². The van der Waals surface area contributed by atoms with Crippen LogP contribution in [0.1, 0.15) is 12.6 Å². The number of hydrogen-bond donors (Lipinski definition) is 3. The molecule has 0 bridgehead atoms. The normalized spacial score (nSPS) is 9.47. The van der Waals surface area contributed by atoms with Gasteiger partial charge in [0.2, 0.25) is 0 Å². The minimum Gasteiger partial charge on any atom is -0.476 e. The Morgan fingerprint density at radius 1 is 1.65 bits per heavy atom. The Balaban J connectivity index is 2.69. The Morgan fingerprint density at radius 2 is 2.29 bits per heavy atom. The number of thiazole rings is 1. The first-order valence-electron chi connectivity index (χ1n) is 4.32. The van der Waals surface area contributed by atoms with Crippen molar-refractivity contribution in [2.45, 2.75) is 6.92 Å². The van der Waals surface area contributed by atoms with Crippen molar-refractivity contribution in [3.63, 3.8) is 0 Å². The lowest BCUT2D eigenvalue weighted by atomic mass is 10.3. The van der Waals surface area contributed by atoms with Crippen LogP contribution in [0, 0.1) is 5.41 Å². The first kappa shape index (κ1) is 12.8. The van der Waals surface area contributed by atoms with E-state index in [2.05, 4.69) is 21.6 Å². The van der Waals surface area contributed by atoms with Crippen LogP contribution in [0.4, 0.5) is 9.93 Å². The van der Waals surface area contributed by atoms with E-state index in [1.807, 2.05) is 0 Å². The molecule has 0 aliphatic heterocycles. The summed E-state index contributed by atoms with van der Waals surface area (Å²) in [4.78, 5) is 25.4. The number of carbonyl (C=O) groups excluding carboxylic acids is 1. The van der Waals surface area contributed by atoms with Crippen molar-refractivity contribution >= 4 is 34.2 Å². The van der Waals surface area contributed by atoms with Crippen LogP contribution in [0.2, 0.25) is 0 Å². The summed E-state index contributed by atoms with van der Waals surface area (Å²) in [6.07, 6.45) is -0.764. The van der Waals surface area contributed by atoms with Crippen molar-refractivity contribution in [2.24, 2.45) is 0 Å². The lowest BCUT2D eigenvalue weighted by molar-refractivity contribution is -0.129. The molecule has 90 valence electrons. The van der Waals surface area contributed by atoms with Crippen molar-refractivity contribution in [3.05, 3.63) is 23.4 Å². The molecule has 1 rings (SSSR count). The fourth-order valence-corrected chi connectivity index (χ4v) is 1.51. The number of aliphatic carboxylic acids is 1. The van der Waals surface area contributed by atoms with Gasteiger partial charge >= 0.3 is 12.1 Å². The Labute approximate surface area is 100 Å². The molecule has 0 saturated carbocycles. The number of aromatic nitrogens is 1. The van der Waals surface area contributed by atoms with Crippen LogP contribution in [0.15, 0.2) is 17.7 Å². The average molecular weight is 255 g/mol. The number of hydrogen-bond acceptors (Lipinski definition) is 6. The van der Waals surface area contributed by atoms with E-state index in [0.717, 1.165) is 11.3 Å². The minimum absolute atomic E-state index is 0.0203. The molecule has 0 atom stereocenters. The van der Waals surface area contributed by atoms with Crippen molar-refractivity contribution < 1.29 is 19.4 Å². The van der Waals surface area contributed by atoms with Crippen LogP contribution >= 0.6 is 11.3 Å². The molecule has 7 nitrogen and oxygen atoms in total. The van der Waals surface area contributed by atoms with Gasteiger partial charge in [0.05, 0.1) is 5.76 Å². The standard InChI is InChI=1S/C9H9N3O4S/c1-4(2)16-9(15)12-8-11-5(3-17-8)6(10)7(13)14/h3,10H,1H2,2H3,(H,13,14)(H,11,12,15). The van der Waals surface area contributed by atoms with Gasteiger partial charge in [-0.2, -0.15) is 0 Å². The molecular formula is C9H9N3O4S. The maximum absolute atomic E-state index is 11.1. The molecule has 0 unspecified atom stereocenters. The zero-order valence-electron chi connectivity index (χ0n) is 8.81. The number of amides is 1. The number of anilines is 1. The maximum Gasteiger partial charge on any atom is 0.418 e. The van der Waals surface area contributed by atoms with Gasteiger partial charge in [0.15, 0.2) is 10.8 Å². The molecule has 1 heterocycles. The van der Waals surface area contributed by atoms with E-state index in [-0.39, 0.29) is 16.6 Å². The van der Waals surface area contributed by atoms with E-state index in [1.54, 1.807) is 0 Å². The van der Waals surface area contributed by atoms with Crippen LogP contribution in [-0.4, -0.2) is 27.9 Å². The van der Waals surface area contributed by atoms with E-state index in [1.165, 1.54) is 12.3 Å². The first-order chi connectivity index (χ1) is 7.90. The lowest BCUT2D eigenvalue weighted by Gasteiger charge is -2.01. The molecule has 1 aromatic heterocycles. The molecule has 0 radical (unpaired) electrons. The second-order valence-corrected chi connectivity index (χ2v) is 3.79. The number of nitrogens with zero attached hydrogens (tertiary/aromatic N) is 1. The highest BCUT2D eigenvalue weighted by molar-refractivity contribution is 7.14. The molecule has 0 aromatic carbocycles. The van der Waals surface area contributed by atoms with E-state index in [0.29, 0.717) is 0 Å². The molecule has 0 fully saturated rings. The Hall–Kier alpha value is -2.22. The largest absolute Gasteiger partial charge is 0.476 e. The summed E-state index contributed by atoms with van der Waals surface area (Å²) in [5.41, 5.74) is -0.657. The van der Waals surface area contributed by atoms with Gasteiger partial charge in [0.25, 0.3) is 0 Å². The molecule has 3 N–H and O–H groups in total. The second kappa shape index (κ2) is 5.21. The van der Waals surface area contributed by atoms with Crippen LogP contribution in [-0.2, 0) is 9.53 Å². The number of carboxylic acid groups (broad SMARTS) is 1. The molecule has 1 aromatic rings. The Bertz CT molecular complexity index is 494. The molecule has 0 aliphatic carbocycles. The number of ether oxygens (including phenoxy) is 1. The summed E-state index contributed by atoms with van der Waals surface area (Å²) < 4.78 is 4.62. The highest BCUT2D eigenvalue weighted by Crippen LogP contribution is 2.16. The van der Waals surface area contributed by atoms with E-state index >= 15 is 0 Å². The minimum atomic E-state index is -1.38. The number of carboxylic acids is 1. The monoisotopic (exact) mass is 255 g/mol. The smallest absolute Gasteiger partial charge is 0.418 e. The third-order valence-corrected chi connectivity index (χ3v) is 2.21. The van der Waals surface area contributed by atoms with Crippen molar-refractivity contribution in [2.75, 3.05) is 5.32 Å². The summed E-state index contributed by atoms with van der Waals surface area (Å²) in [5, 5.41) is 19.5. The molecule has 1 amide bonds. The van der Waals surface area contributed by atoms with E-state index < -0.39 is 17.8 Å². The van der Waals surface area contributed by atoms with Gasteiger partial charge < -0.3 is 9.84 Å². The fourth-order valence-electron chi connectivity index (χ4n) is 0.827. The van der Waals surface area contributed by atoms with E-state index in [4.69, 9.17) is 10.5 Å². The van der Waals surface area contributed by atoms with Crippen molar-refractivity contribution in [1.29, 1.82) is 5.41 Å². The Kier molecular flexibility index (Phi) is 3.94. The second-order valence-electron chi connectivity index (χ2n) is 2.93. The summed E-state index contributed by atoms with van der Waals surface area (Å²) in [6, 6.07) is 0. The summed E-state index contributed by atoms with van der Waals surface area (Å²) in [7, 11) is 0. The van der Waals surface area contributed by atoms with Gasteiger partial charge in [-0.05, 0) is 6.92 Å². The average Bonchev–Trinajstić information content (AvgIpc) is 2.63. The van der Waals surface area contributed by atoms with Crippen molar-refractivity contribution in [1.82, 2.24) is 4.98 Å². The zero-order valence-corrected chi connectivity index (χ0v) is 9.63. The third-order valence-electron chi connectivity index (χ3n) is 1.45. The predicted octanol–water partition coefficient (Wildman–Crippen LogP) is 1.68. The van der Waals surface area contributed by atoms with Crippen LogP contribution in [0.3, 0.4) is 0 Å². The van der Waals surface area contributed by atoms with Gasteiger partial charge in [-0.25, -0.2) is 14.6 Å². The fraction of sp³-hybridized carbons (Fsp3) is 0.111. The van der Waals surface area contributed by atoms with Crippen LogP contribution in [0.25, 0.3) is 0 Å². The van der Waals surface area contributed by atoms with Gasteiger partial charge in [0, 0.05) is 5.38 Å². The number of allylic oxidation sites excluding steroid dienone is 1. The summed E-state index contributed by atoms with van der Waals surface area (Å²) >= 11 is 0.994. The number of nitrogens with one attached hydrogen (secondary N) is 2. The molecular weight excluding hydrogens is 246 g/mol.